The lowest BCUT2D eigenvalue weighted by molar-refractivity contribution is 0.198. The fourth-order valence-electron chi connectivity index (χ4n) is 3.92. The van der Waals surface area contributed by atoms with Crippen LogP contribution < -0.4 is 4.90 Å². The molecule has 1 N–H and O–H groups in total. The lowest BCUT2D eigenvalue weighted by atomic mass is 9.77. The van der Waals surface area contributed by atoms with Crippen LogP contribution in [-0.2, 0) is 0 Å². The molecule has 0 bridgehead atoms. The second kappa shape index (κ2) is 5.69. The highest BCUT2D eigenvalue weighted by Gasteiger charge is 2.36. The van der Waals surface area contributed by atoms with E-state index in [0.717, 1.165) is 10.0 Å². The Labute approximate surface area is 130 Å². The topological polar surface area (TPSA) is 23.5 Å². The Balaban J connectivity index is 1.70. The zero-order chi connectivity index (χ0) is 14.2. The molecule has 3 heteroatoms. The van der Waals surface area contributed by atoms with Gasteiger partial charge in [0.15, 0.2) is 0 Å². The minimum absolute atomic E-state index is 0.415. The van der Waals surface area contributed by atoms with Gasteiger partial charge in [0.1, 0.15) is 0 Å². The van der Waals surface area contributed by atoms with E-state index in [0.29, 0.717) is 5.41 Å². The predicted molar refractivity (Wildman–Crippen MR) is 87.1 cm³/mol. The van der Waals surface area contributed by atoms with E-state index in [1.165, 1.54) is 57.3 Å². The van der Waals surface area contributed by atoms with E-state index in [-0.39, 0.29) is 0 Å². The van der Waals surface area contributed by atoms with Gasteiger partial charge in [0, 0.05) is 23.2 Å². The molecule has 1 aliphatic heterocycles. The van der Waals surface area contributed by atoms with Crippen molar-refractivity contribution in [2.24, 2.45) is 5.41 Å². The second-order valence-corrected chi connectivity index (χ2v) is 7.43. The van der Waals surface area contributed by atoms with Crippen molar-refractivity contribution >= 4 is 21.6 Å². The molecule has 1 aromatic rings. The number of aliphatic hydroxyl groups excluding tert-OH is 1. The Morgan fingerprint density at radius 1 is 1.15 bits per heavy atom. The number of hydrogen-bond acceptors (Lipinski definition) is 2. The van der Waals surface area contributed by atoms with Crippen molar-refractivity contribution in [2.75, 3.05) is 18.0 Å². The van der Waals surface area contributed by atoms with Crippen LogP contribution in [0.4, 0.5) is 5.69 Å². The van der Waals surface area contributed by atoms with Gasteiger partial charge in [0.25, 0.3) is 0 Å². The molecule has 1 heterocycles. The monoisotopic (exact) mass is 337 g/mol. The lowest BCUT2D eigenvalue weighted by Crippen LogP contribution is -2.38. The van der Waals surface area contributed by atoms with E-state index >= 15 is 0 Å². The van der Waals surface area contributed by atoms with Crippen LogP contribution in [0.1, 0.15) is 57.1 Å². The first-order valence-electron chi connectivity index (χ1n) is 7.82. The lowest BCUT2D eigenvalue weighted by Gasteiger charge is -2.40. The molecule has 1 saturated carbocycles. The van der Waals surface area contributed by atoms with Gasteiger partial charge in [-0.1, -0.05) is 34.8 Å². The number of hydrogen-bond donors (Lipinski definition) is 1. The van der Waals surface area contributed by atoms with Crippen LogP contribution >= 0.6 is 15.9 Å². The standard InChI is InChI=1S/C17H24BrNO/c1-13(20)15-5-4-14(12-16(15)18)19-10-8-17(9-11-19)6-2-3-7-17/h4-5,12-13,20H,2-3,6-11H2,1H3/t13-/m1/s1. The molecule has 0 aromatic heterocycles. The van der Waals surface area contributed by atoms with E-state index in [2.05, 4.69) is 33.0 Å². The largest absolute Gasteiger partial charge is 0.389 e. The van der Waals surface area contributed by atoms with E-state index in [4.69, 9.17) is 0 Å². The average molecular weight is 338 g/mol. The molecule has 1 atom stereocenters. The molecule has 0 radical (unpaired) electrons. The molecule has 1 spiro atoms. The van der Waals surface area contributed by atoms with Crippen LogP contribution in [0.2, 0.25) is 0 Å². The van der Waals surface area contributed by atoms with Gasteiger partial charge < -0.3 is 10.0 Å². The second-order valence-electron chi connectivity index (χ2n) is 6.58. The highest BCUT2D eigenvalue weighted by atomic mass is 79.9. The SMILES string of the molecule is C[C@@H](O)c1ccc(N2CCC3(CCCC3)CC2)cc1Br. The summed E-state index contributed by atoms with van der Waals surface area (Å²) in [6, 6.07) is 6.36. The summed E-state index contributed by atoms with van der Waals surface area (Å²) in [4.78, 5) is 2.50. The molecule has 2 aliphatic rings. The maximum absolute atomic E-state index is 9.70. The zero-order valence-corrected chi connectivity index (χ0v) is 13.8. The highest BCUT2D eigenvalue weighted by Crippen LogP contribution is 2.46. The van der Waals surface area contributed by atoms with Crippen LogP contribution in [0.25, 0.3) is 0 Å². The first-order valence-corrected chi connectivity index (χ1v) is 8.61. The van der Waals surface area contributed by atoms with Crippen LogP contribution in [0.3, 0.4) is 0 Å². The van der Waals surface area contributed by atoms with Crippen molar-refractivity contribution in [1.82, 2.24) is 0 Å². The van der Waals surface area contributed by atoms with Crippen molar-refractivity contribution in [2.45, 2.75) is 51.6 Å². The van der Waals surface area contributed by atoms with Crippen LogP contribution in [0.15, 0.2) is 22.7 Å². The van der Waals surface area contributed by atoms with E-state index in [1.807, 2.05) is 13.0 Å². The first kappa shape index (κ1) is 14.4. The zero-order valence-electron chi connectivity index (χ0n) is 12.2. The van der Waals surface area contributed by atoms with Crippen molar-refractivity contribution in [3.63, 3.8) is 0 Å². The number of halogens is 1. The third kappa shape index (κ3) is 2.75. The van der Waals surface area contributed by atoms with E-state index in [9.17, 15) is 5.11 Å². The summed E-state index contributed by atoms with van der Waals surface area (Å²) in [7, 11) is 0. The van der Waals surface area contributed by atoms with Gasteiger partial charge >= 0.3 is 0 Å². The Hall–Kier alpha value is -0.540. The van der Waals surface area contributed by atoms with Gasteiger partial charge in [-0.3, -0.25) is 0 Å². The highest BCUT2D eigenvalue weighted by molar-refractivity contribution is 9.10. The number of nitrogens with zero attached hydrogens (tertiary/aromatic N) is 1. The predicted octanol–water partition coefficient (Wildman–Crippen LogP) is 4.66. The molecule has 0 unspecified atom stereocenters. The van der Waals surface area contributed by atoms with Crippen molar-refractivity contribution in [3.8, 4) is 0 Å². The van der Waals surface area contributed by atoms with Crippen LogP contribution in [0, 0.1) is 5.41 Å². The summed E-state index contributed by atoms with van der Waals surface area (Å²) in [5.74, 6) is 0. The Morgan fingerprint density at radius 3 is 2.35 bits per heavy atom. The summed E-state index contributed by atoms with van der Waals surface area (Å²) in [5.41, 5.74) is 2.93. The summed E-state index contributed by atoms with van der Waals surface area (Å²) in [6.07, 6.45) is 8.06. The molecule has 1 saturated heterocycles. The third-order valence-corrected chi connectivity index (χ3v) is 5.97. The van der Waals surface area contributed by atoms with Crippen molar-refractivity contribution in [1.29, 1.82) is 0 Å². The smallest absolute Gasteiger partial charge is 0.0772 e. The maximum Gasteiger partial charge on any atom is 0.0772 e. The van der Waals surface area contributed by atoms with Crippen molar-refractivity contribution in [3.05, 3.63) is 28.2 Å². The molecule has 3 rings (SSSR count). The molecule has 110 valence electrons. The van der Waals surface area contributed by atoms with Gasteiger partial charge in [-0.25, -0.2) is 0 Å². The normalized spacial score (nSPS) is 23.2. The summed E-state index contributed by atoms with van der Waals surface area (Å²) < 4.78 is 1.02. The molecule has 20 heavy (non-hydrogen) atoms. The van der Waals surface area contributed by atoms with E-state index < -0.39 is 6.10 Å². The number of rotatable bonds is 2. The first-order chi connectivity index (χ1) is 9.60. The van der Waals surface area contributed by atoms with Gasteiger partial charge in [-0.05, 0) is 55.7 Å². The molecule has 2 nitrogen and oxygen atoms in total. The molecule has 0 amide bonds. The molecule has 1 aromatic carbocycles. The van der Waals surface area contributed by atoms with Gasteiger partial charge in [0.05, 0.1) is 6.10 Å². The van der Waals surface area contributed by atoms with Crippen molar-refractivity contribution < 1.29 is 5.11 Å². The van der Waals surface area contributed by atoms with Crippen LogP contribution in [0.5, 0.6) is 0 Å². The minimum atomic E-state index is -0.415. The number of piperidine rings is 1. The van der Waals surface area contributed by atoms with Gasteiger partial charge in [0.2, 0.25) is 0 Å². The molecule has 1 aliphatic carbocycles. The number of anilines is 1. The molecular weight excluding hydrogens is 314 g/mol. The summed E-state index contributed by atoms with van der Waals surface area (Å²) in [6.45, 7) is 4.17. The average Bonchev–Trinajstić information content (AvgIpc) is 2.87. The Morgan fingerprint density at radius 2 is 1.80 bits per heavy atom. The van der Waals surface area contributed by atoms with Crippen LogP contribution in [-0.4, -0.2) is 18.2 Å². The van der Waals surface area contributed by atoms with E-state index in [1.54, 1.807) is 0 Å². The third-order valence-electron chi connectivity index (χ3n) is 5.29. The summed E-state index contributed by atoms with van der Waals surface area (Å²) in [5, 5.41) is 9.70. The number of aliphatic hydroxyl groups is 1. The maximum atomic E-state index is 9.70. The Bertz CT molecular complexity index is 470. The molecular formula is C17H24BrNO. The minimum Gasteiger partial charge on any atom is -0.389 e. The van der Waals surface area contributed by atoms with Gasteiger partial charge in [-0.2, -0.15) is 0 Å². The Kier molecular flexibility index (Phi) is 4.09. The molecule has 2 fully saturated rings. The number of benzene rings is 1. The fourth-order valence-corrected chi connectivity index (χ4v) is 4.61. The summed E-state index contributed by atoms with van der Waals surface area (Å²) >= 11 is 3.59. The fraction of sp³-hybridized carbons (Fsp3) is 0.647. The van der Waals surface area contributed by atoms with Gasteiger partial charge in [-0.15, -0.1) is 0 Å². The quantitative estimate of drug-likeness (QED) is 0.848.